The van der Waals surface area contributed by atoms with Crippen molar-refractivity contribution in [2.45, 2.75) is 6.18 Å². The Morgan fingerprint density at radius 1 is 1.14 bits per heavy atom. The Labute approximate surface area is 117 Å². The van der Waals surface area contributed by atoms with Crippen LogP contribution in [0, 0.1) is 0 Å². The number of aromatic nitrogens is 1. The second-order valence-electron chi connectivity index (χ2n) is 4.13. The highest BCUT2D eigenvalue weighted by Crippen LogP contribution is 2.33. The molecule has 0 aliphatic rings. The van der Waals surface area contributed by atoms with Crippen molar-refractivity contribution in [2.24, 2.45) is 0 Å². The van der Waals surface area contributed by atoms with Gasteiger partial charge in [0.2, 0.25) is 0 Å². The van der Waals surface area contributed by atoms with Crippen molar-refractivity contribution in [2.75, 3.05) is 7.11 Å². The Morgan fingerprint density at radius 3 is 2.24 bits per heavy atom. The van der Waals surface area contributed by atoms with Gasteiger partial charge in [-0.05, 0) is 24.3 Å². The molecule has 0 aliphatic carbocycles. The van der Waals surface area contributed by atoms with E-state index in [1.165, 1.54) is 31.4 Å². The maximum absolute atomic E-state index is 12.5. The highest BCUT2D eigenvalue weighted by Gasteiger charge is 2.30. The van der Waals surface area contributed by atoms with Crippen molar-refractivity contribution in [3.8, 4) is 17.0 Å². The van der Waals surface area contributed by atoms with Gasteiger partial charge < -0.3 is 9.84 Å². The van der Waals surface area contributed by atoms with E-state index >= 15 is 0 Å². The molecule has 110 valence electrons. The third kappa shape index (κ3) is 3.13. The fraction of sp³-hybridized carbons (Fsp3) is 0.143. The quantitative estimate of drug-likeness (QED) is 0.942. The molecule has 1 N–H and O–H groups in total. The van der Waals surface area contributed by atoms with Crippen LogP contribution in [0.3, 0.4) is 0 Å². The van der Waals surface area contributed by atoms with E-state index in [2.05, 4.69) is 4.98 Å². The largest absolute Gasteiger partial charge is 0.494 e. The first-order valence-corrected chi connectivity index (χ1v) is 5.79. The zero-order valence-corrected chi connectivity index (χ0v) is 10.8. The van der Waals surface area contributed by atoms with Crippen LogP contribution in [-0.2, 0) is 6.18 Å². The third-order valence-electron chi connectivity index (χ3n) is 2.78. The summed E-state index contributed by atoms with van der Waals surface area (Å²) in [6, 6.07) is 6.92. The van der Waals surface area contributed by atoms with E-state index in [9.17, 15) is 18.0 Å². The van der Waals surface area contributed by atoms with E-state index in [1.807, 2.05) is 0 Å². The third-order valence-corrected chi connectivity index (χ3v) is 2.78. The zero-order valence-electron chi connectivity index (χ0n) is 10.8. The highest BCUT2D eigenvalue weighted by molar-refractivity contribution is 5.86. The normalized spacial score (nSPS) is 11.2. The molecule has 0 bridgehead atoms. The number of methoxy groups -OCH3 is 1. The highest BCUT2D eigenvalue weighted by atomic mass is 19.4. The number of hydrogen-bond acceptors (Lipinski definition) is 3. The molecule has 7 heteroatoms. The molecule has 1 aromatic heterocycles. The molecule has 21 heavy (non-hydrogen) atoms. The van der Waals surface area contributed by atoms with Crippen LogP contribution < -0.4 is 4.74 Å². The number of pyridine rings is 1. The van der Waals surface area contributed by atoms with Gasteiger partial charge in [-0.15, -0.1) is 0 Å². The summed E-state index contributed by atoms with van der Waals surface area (Å²) in [6.45, 7) is 0. The molecule has 0 amide bonds. The first-order chi connectivity index (χ1) is 9.82. The lowest BCUT2D eigenvalue weighted by Gasteiger charge is -2.10. The van der Waals surface area contributed by atoms with E-state index in [-0.39, 0.29) is 17.1 Å². The number of aromatic carboxylic acids is 1. The Hall–Kier alpha value is -2.57. The Morgan fingerprint density at radius 2 is 1.76 bits per heavy atom. The van der Waals surface area contributed by atoms with Crippen LogP contribution in [0.2, 0.25) is 0 Å². The first-order valence-electron chi connectivity index (χ1n) is 5.79. The second kappa shape index (κ2) is 5.43. The monoisotopic (exact) mass is 297 g/mol. The van der Waals surface area contributed by atoms with Gasteiger partial charge in [0.05, 0.1) is 12.7 Å². The number of alkyl halides is 3. The molecule has 2 rings (SSSR count). The standard InChI is InChI=1S/C14H10F3NO3/c1-21-11-7-6-10(13(19)20)18-12(11)8-2-4-9(5-3-8)14(15,16)17/h2-7H,1H3,(H,19,20). The summed E-state index contributed by atoms with van der Waals surface area (Å²) in [7, 11) is 1.37. The maximum atomic E-state index is 12.5. The minimum absolute atomic E-state index is 0.172. The van der Waals surface area contributed by atoms with Crippen molar-refractivity contribution in [3.63, 3.8) is 0 Å². The number of benzene rings is 1. The molecule has 4 nitrogen and oxygen atoms in total. The summed E-state index contributed by atoms with van der Waals surface area (Å²) in [5.74, 6) is -0.953. The van der Waals surface area contributed by atoms with Crippen molar-refractivity contribution >= 4 is 5.97 Å². The maximum Gasteiger partial charge on any atom is 0.416 e. The van der Waals surface area contributed by atoms with Crippen LogP contribution in [0.4, 0.5) is 13.2 Å². The Balaban J connectivity index is 2.50. The molecular weight excluding hydrogens is 287 g/mol. The minimum Gasteiger partial charge on any atom is -0.494 e. The zero-order chi connectivity index (χ0) is 15.6. The fourth-order valence-electron chi connectivity index (χ4n) is 1.75. The number of carboxylic acid groups (broad SMARTS) is 1. The van der Waals surface area contributed by atoms with Gasteiger partial charge in [0.1, 0.15) is 17.1 Å². The van der Waals surface area contributed by atoms with Gasteiger partial charge in [-0.2, -0.15) is 13.2 Å². The van der Waals surface area contributed by atoms with Crippen LogP contribution in [0.15, 0.2) is 36.4 Å². The summed E-state index contributed by atoms with van der Waals surface area (Å²) in [5.41, 5.74) is -0.501. The SMILES string of the molecule is COc1ccc(C(=O)O)nc1-c1ccc(C(F)(F)F)cc1. The molecule has 0 saturated heterocycles. The molecule has 0 spiro atoms. The topological polar surface area (TPSA) is 59.4 Å². The average molecular weight is 297 g/mol. The number of ether oxygens (including phenoxy) is 1. The van der Waals surface area contributed by atoms with Crippen LogP contribution >= 0.6 is 0 Å². The minimum atomic E-state index is -4.43. The summed E-state index contributed by atoms with van der Waals surface area (Å²) < 4.78 is 42.6. The van der Waals surface area contributed by atoms with Gasteiger partial charge in [-0.25, -0.2) is 9.78 Å². The van der Waals surface area contributed by atoms with E-state index < -0.39 is 17.7 Å². The number of rotatable bonds is 3. The number of hydrogen-bond donors (Lipinski definition) is 1. The molecular formula is C14H10F3NO3. The summed E-state index contributed by atoms with van der Waals surface area (Å²) in [5, 5.41) is 8.92. The van der Waals surface area contributed by atoms with E-state index in [1.54, 1.807) is 0 Å². The Kier molecular flexibility index (Phi) is 3.84. The van der Waals surface area contributed by atoms with Gasteiger partial charge in [0.15, 0.2) is 0 Å². The molecule has 1 aromatic carbocycles. The molecule has 0 fully saturated rings. The van der Waals surface area contributed by atoms with Crippen molar-refractivity contribution in [1.29, 1.82) is 0 Å². The van der Waals surface area contributed by atoms with Crippen LogP contribution in [0.25, 0.3) is 11.3 Å². The summed E-state index contributed by atoms with van der Waals surface area (Å²) >= 11 is 0. The number of carboxylic acids is 1. The van der Waals surface area contributed by atoms with Gasteiger partial charge in [-0.1, -0.05) is 12.1 Å². The summed E-state index contributed by atoms with van der Waals surface area (Å²) in [4.78, 5) is 14.8. The number of nitrogens with zero attached hydrogens (tertiary/aromatic N) is 1. The van der Waals surface area contributed by atoms with E-state index in [0.29, 0.717) is 5.56 Å². The lowest BCUT2D eigenvalue weighted by molar-refractivity contribution is -0.137. The molecule has 0 aliphatic heterocycles. The van der Waals surface area contributed by atoms with Crippen LogP contribution in [0.5, 0.6) is 5.75 Å². The Bertz CT molecular complexity index is 666. The lowest BCUT2D eigenvalue weighted by atomic mass is 10.1. The number of carbonyl (C=O) groups is 1. The van der Waals surface area contributed by atoms with Crippen molar-refractivity contribution in [3.05, 3.63) is 47.7 Å². The molecule has 0 saturated carbocycles. The molecule has 1 heterocycles. The molecule has 0 radical (unpaired) electrons. The van der Waals surface area contributed by atoms with Crippen LogP contribution in [-0.4, -0.2) is 23.2 Å². The predicted octanol–water partition coefficient (Wildman–Crippen LogP) is 3.47. The second-order valence-corrected chi connectivity index (χ2v) is 4.13. The predicted molar refractivity (Wildman–Crippen MR) is 68.2 cm³/mol. The number of halogens is 3. The van der Waals surface area contributed by atoms with E-state index in [4.69, 9.17) is 9.84 Å². The van der Waals surface area contributed by atoms with Crippen LogP contribution in [0.1, 0.15) is 16.1 Å². The van der Waals surface area contributed by atoms with Gasteiger partial charge >= 0.3 is 12.1 Å². The first kappa shape index (κ1) is 14.8. The lowest BCUT2D eigenvalue weighted by Crippen LogP contribution is -2.05. The van der Waals surface area contributed by atoms with Crippen molar-refractivity contribution in [1.82, 2.24) is 4.98 Å². The van der Waals surface area contributed by atoms with Gasteiger partial charge in [-0.3, -0.25) is 0 Å². The summed E-state index contributed by atoms with van der Waals surface area (Å²) in [6.07, 6.45) is -4.43. The fourth-order valence-corrected chi connectivity index (χ4v) is 1.75. The van der Waals surface area contributed by atoms with Gasteiger partial charge in [0, 0.05) is 5.56 Å². The van der Waals surface area contributed by atoms with Crippen molar-refractivity contribution < 1.29 is 27.8 Å². The molecule has 0 unspecified atom stereocenters. The van der Waals surface area contributed by atoms with Gasteiger partial charge in [0.25, 0.3) is 0 Å². The van der Waals surface area contributed by atoms with E-state index in [0.717, 1.165) is 12.1 Å². The molecule has 2 aromatic rings. The molecule has 0 atom stereocenters. The smallest absolute Gasteiger partial charge is 0.416 e. The average Bonchev–Trinajstić information content (AvgIpc) is 2.45.